The summed E-state index contributed by atoms with van der Waals surface area (Å²) in [5.74, 6) is 0. The first-order valence-corrected chi connectivity index (χ1v) is 16.3. The van der Waals surface area contributed by atoms with Crippen molar-refractivity contribution in [1.29, 1.82) is 0 Å². The Morgan fingerprint density at radius 3 is 2.16 bits per heavy atom. The minimum absolute atomic E-state index is 0.0329. The SMILES string of the molecule is CS(=O)(=O)c1ccc2nc(-c3ccccc3)c(-c3ccc(CN4CCC(n5c(=O)[nH]c6ccccc65)CC4)cc3)nc2c1. The van der Waals surface area contributed by atoms with Gasteiger partial charge in [0, 0.05) is 43.1 Å². The lowest BCUT2D eigenvalue weighted by atomic mass is 10.0. The quantitative estimate of drug-likeness (QED) is 0.262. The van der Waals surface area contributed by atoms with Crippen LogP contribution in [-0.2, 0) is 16.4 Å². The van der Waals surface area contributed by atoms with Gasteiger partial charge in [-0.25, -0.2) is 23.2 Å². The number of fused-ring (bicyclic) bond motifs is 2. The fourth-order valence-corrected chi connectivity index (χ4v) is 6.70. The van der Waals surface area contributed by atoms with Crippen molar-refractivity contribution < 1.29 is 8.42 Å². The summed E-state index contributed by atoms with van der Waals surface area (Å²) in [5.41, 5.74) is 7.53. The van der Waals surface area contributed by atoms with Crippen LogP contribution in [-0.4, -0.2) is 52.2 Å². The van der Waals surface area contributed by atoms with Crippen LogP contribution in [0.15, 0.2) is 107 Å². The molecule has 1 N–H and O–H groups in total. The highest BCUT2D eigenvalue weighted by molar-refractivity contribution is 7.90. The highest BCUT2D eigenvalue weighted by atomic mass is 32.2. The number of para-hydroxylation sites is 2. The summed E-state index contributed by atoms with van der Waals surface area (Å²) in [6.07, 6.45) is 3.04. The molecule has 8 nitrogen and oxygen atoms in total. The van der Waals surface area contributed by atoms with Gasteiger partial charge in [0.2, 0.25) is 0 Å². The summed E-state index contributed by atoms with van der Waals surface area (Å²) in [7, 11) is -3.37. The molecule has 6 aromatic rings. The number of hydrogen-bond donors (Lipinski definition) is 1. The lowest BCUT2D eigenvalue weighted by Gasteiger charge is -2.32. The molecule has 1 fully saturated rings. The molecule has 0 saturated carbocycles. The molecule has 3 heterocycles. The molecule has 2 aromatic heterocycles. The van der Waals surface area contributed by atoms with Gasteiger partial charge in [0.05, 0.1) is 38.4 Å². The van der Waals surface area contributed by atoms with E-state index in [1.165, 1.54) is 11.8 Å². The first kappa shape index (κ1) is 27.2. The van der Waals surface area contributed by atoms with Crippen LogP contribution in [0.3, 0.4) is 0 Å². The Hall–Kier alpha value is -4.60. The highest BCUT2D eigenvalue weighted by Crippen LogP contribution is 2.32. The molecule has 7 rings (SSSR count). The largest absolute Gasteiger partial charge is 0.326 e. The number of likely N-dealkylation sites (tertiary alicyclic amines) is 1. The molecule has 0 unspecified atom stereocenters. The lowest BCUT2D eigenvalue weighted by molar-refractivity contribution is 0.180. The summed E-state index contributed by atoms with van der Waals surface area (Å²) in [6.45, 7) is 2.65. The number of H-pyrrole nitrogens is 1. The highest BCUT2D eigenvalue weighted by Gasteiger charge is 2.24. The fourth-order valence-electron chi connectivity index (χ4n) is 6.06. The standard InChI is InChI=1S/C34H31N5O3S/c1-43(41,42)27-15-16-28-30(21-27)36-33(32(35-28)24-7-3-2-4-8-24)25-13-11-23(12-14-25)22-38-19-17-26(18-20-38)39-31-10-6-5-9-29(31)37-34(39)40/h2-16,21,26H,17-20,22H2,1H3,(H,37,40). The van der Waals surface area contributed by atoms with E-state index < -0.39 is 9.84 Å². The third-order valence-corrected chi connectivity index (χ3v) is 9.40. The van der Waals surface area contributed by atoms with Gasteiger partial charge in [-0.1, -0.05) is 66.7 Å². The summed E-state index contributed by atoms with van der Waals surface area (Å²) < 4.78 is 26.3. The van der Waals surface area contributed by atoms with E-state index in [-0.39, 0.29) is 16.6 Å². The molecule has 1 aliphatic rings. The van der Waals surface area contributed by atoms with Gasteiger partial charge >= 0.3 is 5.69 Å². The van der Waals surface area contributed by atoms with Crippen molar-refractivity contribution in [1.82, 2.24) is 24.4 Å². The predicted octanol–water partition coefficient (Wildman–Crippen LogP) is 5.85. The number of nitrogens with zero attached hydrogens (tertiary/aromatic N) is 4. The number of hydrogen-bond acceptors (Lipinski definition) is 6. The zero-order chi connectivity index (χ0) is 29.6. The third kappa shape index (κ3) is 5.37. The Bertz CT molecular complexity index is 2110. The van der Waals surface area contributed by atoms with E-state index in [9.17, 15) is 13.2 Å². The Kier molecular flexibility index (Phi) is 6.91. The normalized spacial score (nSPS) is 14.9. The number of aromatic nitrogens is 4. The van der Waals surface area contributed by atoms with Crippen molar-refractivity contribution in [2.24, 2.45) is 0 Å². The molecular formula is C34H31N5O3S. The Balaban J connectivity index is 1.13. The zero-order valence-corrected chi connectivity index (χ0v) is 24.6. The van der Waals surface area contributed by atoms with Gasteiger partial charge in [0.25, 0.3) is 0 Å². The monoisotopic (exact) mass is 589 g/mol. The van der Waals surface area contributed by atoms with Crippen LogP contribution >= 0.6 is 0 Å². The van der Waals surface area contributed by atoms with Gasteiger partial charge in [0.1, 0.15) is 0 Å². The second kappa shape index (κ2) is 10.9. The molecular weight excluding hydrogens is 558 g/mol. The zero-order valence-electron chi connectivity index (χ0n) is 23.8. The number of sulfone groups is 1. The molecule has 0 radical (unpaired) electrons. The first-order chi connectivity index (χ1) is 20.8. The molecule has 1 saturated heterocycles. The van der Waals surface area contributed by atoms with Crippen molar-refractivity contribution in [3.05, 3.63) is 113 Å². The average molecular weight is 590 g/mol. The van der Waals surface area contributed by atoms with E-state index in [4.69, 9.17) is 9.97 Å². The molecule has 0 bridgehead atoms. The molecule has 1 aliphatic heterocycles. The number of benzene rings is 4. The number of rotatable bonds is 6. The topological polar surface area (TPSA) is 101 Å². The van der Waals surface area contributed by atoms with Crippen molar-refractivity contribution in [2.75, 3.05) is 19.3 Å². The van der Waals surface area contributed by atoms with Crippen molar-refractivity contribution >= 4 is 31.9 Å². The van der Waals surface area contributed by atoms with Crippen LogP contribution in [0.1, 0.15) is 24.4 Å². The molecule has 0 atom stereocenters. The number of piperidine rings is 1. The lowest BCUT2D eigenvalue weighted by Crippen LogP contribution is -2.36. The summed E-state index contributed by atoms with van der Waals surface area (Å²) >= 11 is 0. The van der Waals surface area contributed by atoms with E-state index in [2.05, 4.69) is 34.1 Å². The molecule has 9 heteroatoms. The number of imidazole rings is 1. The van der Waals surface area contributed by atoms with E-state index in [1.54, 1.807) is 18.2 Å². The molecule has 0 aliphatic carbocycles. The van der Waals surface area contributed by atoms with Gasteiger partial charge < -0.3 is 4.98 Å². The van der Waals surface area contributed by atoms with Crippen molar-refractivity contribution in [3.63, 3.8) is 0 Å². The Labute approximate surface area is 249 Å². The van der Waals surface area contributed by atoms with Crippen molar-refractivity contribution in [3.8, 4) is 22.5 Å². The summed E-state index contributed by atoms with van der Waals surface area (Å²) in [4.78, 5) is 28.2. The Morgan fingerprint density at radius 1 is 0.791 bits per heavy atom. The third-order valence-electron chi connectivity index (χ3n) is 8.29. The minimum Gasteiger partial charge on any atom is -0.306 e. The van der Waals surface area contributed by atoms with Crippen LogP contribution in [0.4, 0.5) is 0 Å². The second-order valence-electron chi connectivity index (χ2n) is 11.2. The summed E-state index contributed by atoms with van der Waals surface area (Å²) in [6, 6.07) is 31.3. The van der Waals surface area contributed by atoms with E-state index in [1.807, 2.05) is 59.2 Å². The maximum atomic E-state index is 12.7. The first-order valence-electron chi connectivity index (χ1n) is 14.4. The molecule has 0 spiro atoms. The Morgan fingerprint density at radius 2 is 1.44 bits per heavy atom. The molecule has 0 amide bonds. The number of aromatic amines is 1. The molecule has 4 aromatic carbocycles. The van der Waals surface area contributed by atoms with Crippen LogP contribution in [0.2, 0.25) is 0 Å². The van der Waals surface area contributed by atoms with Crippen LogP contribution < -0.4 is 5.69 Å². The molecule has 216 valence electrons. The number of nitrogens with one attached hydrogen (secondary N) is 1. The second-order valence-corrected chi connectivity index (χ2v) is 13.2. The van der Waals surface area contributed by atoms with Crippen LogP contribution in [0.25, 0.3) is 44.6 Å². The fraction of sp³-hybridized carbons (Fsp3) is 0.206. The van der Waals surface area contributed by atoms with Crippen LogP contribution in [0, 0.1) is 0 Å². The maximum absolute atomic E-state index is 12.7. The van der Waals surface area contributed by atoms with Gasteiger partial charge in [-0.15, -0.1) is 0 Å². The van der Waals surface area contributed by atoms with Gasteiger partial charge in [-0.2, -0.15) is 0 Å². The van der Waals surface area contributed by atoms with E-state index >= 15 is 0 Å². The van der Waals surface area contributed by atoms with Crippen LogP contribution in [0.5, 0.6) is 0 Å². The smallest absolute Gasteiger partial charge is 0.306 e. The maximum Gasteiger partial charge on any atom is 0.326 e. The van der Waals surface area contributed by atoms with E-state index in [0.717, 1.165) is 60.3 Å². The van der Waals surface area contributed by atoms with E-state index in [0.29, 0.717) is 16.7 Å². The predicted molar refractivity (Wildman–Crippen MR) is 170 cm³/mol. The summed E-state index contributed by atoms with van der Waals surface area (Å²) in [5, 5.41) is 0. The van der Waals surface area contributed by atoms with Gasteiger partial charge in [-0.3, -0.25) is 9.47 Å². The molecule has 43 heavy (non-hydrogen) atoms. The van der Waals surface area contributed by atoms with Gasteiger partial charge in [-0.05, 0) is 48.7 Å². The minimum atomic E-state index is -3.37. The van der Waals surface area contributed by atoms with Gasteiger partial charge in [0.15, 0.2) is 9.84 Å². The van der Waals surface area contributed by atoms with Crippen molar-refractivity contribution in [2.45, 2.75) is 30.3 Å². The average Bonchev–Trinajstić information content (AvgIpc) is 3.36.